The molecule has 4 heteroatoms. The summed E-state index contributed by atoms with van der Waals surface area (Å²) in [5.41, 5.74) is 0. The van der Waals surface area contributed by atoms with E-state index < -0.39 is 0 Å². The number of nitrogens with one attached hydrogen (secondary N) is 1. The van der Waals surface area contributed by atoms with Gasteiger partial charge in [-0.05, 0) is 63.5 Å². The van der Waals surface area contributed by atoms with E-state index in [1.807, 2.05) is 0 Å². The highest BCUT2D eigenvalue weighted by Gasteiger charge is 2.28. The number of piperidine rings is 2. The van der Waals surface area contributed by atoms with Gasteiger partial charge < -0.3 is 10.2 Å². The molecular weight excluding hydrogens is 272 g/mol. The molecule has 118 valence electrons. The van der Waals surface area contributed by atoms with Gasteiger partial charge in [0, 0.05) is 19.0 Å². The molecule has 20 heavy (non-hydrogen) atoms. The highest BCUT2D eigenvalue weighted by atomic mass is 35.5. The Bertz CT molecular complexity index is 290. The second kappa shape index (κ2) is 8.89. The third-order valence-corrected chi connectivity index (χ3v) is 4.86. The molecule has 1 N–H and O–H groups in total. The first-order chi connectivity index (χ1) is 9.18. The van der Waals surface area contributed by atoms with Crippen LogP contribution in [0.3, 0.4) is 0 Å². The third-order valence-electron chi connectivity index (χ3n) is 4.86. The summed E-state index contributed by atoms with van der Waals surface area (Å²) < 4.78 is 0. The second-order valence-electron chi connectivity index (χ2n) is 6.63. The van der Waals surface area contributed by atoms with Gasteiger partial charge in [0.2, 0.25) is 5.91 Å². The topological polar surface area (TPSA) is 32.3 Å². The molecule has 1 amide bonds. The minimum Gasteiger partial charge on any atom is -0.339 e. The fourth-order valence-corrected chi connectivity index (χ4v) is 3.60. The van der Waals surface area contributed by atoms with Crippen LogP contribution in [0.5, 0.6) is 0 Å². The Labute approximate surface area is 130 Å². The minimum absolute atomic E-state index is 0. The molecule has 2 heterocycles. The van der Waals surface area contributed by atoms with Gasteiger partial charge in [0.15, 0.2) is 0 Å². The first-order valence-electron chi connectivity index (χ1n) is 8.18. The number of carbonyl (C=O) groups is 1. The number of hydrogen-bond acceptors (Lipinski definition) is 2. The van der Waals surface area contributed by atoms with Crippen molar-refractivity contribution in [1.82, 2.24) is 10.2 Å². The predicted molar refractivity (Wildman–Crippen MR) is 86.3 cm³/mol. The number of hydrogen-bond donors (Lipinski definition) is 1. The molecule has 0 spiro atoms. The van der Waals surface area contributed by atoms with Crippen LogP contribution in [0.1, 0.15) is 58.8 Å². The van der Waals surface area contributed by atoms with Crippen LogP contribution in [0.15, 0.2) is 0 Å². The normalized spacial score (nSPS) is 24.6. The lowest BCUT2D eigenvalue weighted by molar-refractivity contribution is -0.136. The van der Waals surface area contributed by atoms with Crippen LogP contribution in [0.4, 0.5) is 0 Å². The Kier molecular flexibility index (Phi) is 7.90. The molecule has 2 rings (SSSR count). The number of likely N-dealkylation sites (tertiary alicyclic amines) is 1. The smallest absolute Gasteiger partial charge is 0.222 e. The van der Waals surface area contributed by atoms with Crippen molar-refractivity contribution in [2.24, 2.45) is 11.8 Å². The van der Waals surface area contributed by atoms with E-state index in [2.05, 4.69) is 24.1 Å². The van der Waals surface area contributed by atoms with Crippen molar-refractivity contribution in [1.29, 1.82) is 0 Å². The van der Waals surface area contributed by atoms with Gasteiger partial charge in [-0.3, -0.25) is 4.79 Å². The lowest BCUT2D eigenvalue weighted by atomic mass is 9.90. The van der Waals surface area contributed by atoms with E-state index in [0.717, 1.165) is 38.4 Å². The molecular formula is C16H31ClN2O. The van der Waals surface area contributed by atoms with E-state index in [0.29, 0.717) is 17.9 Å². The molecule has 0 aliphatic carbocycles. The largest absolute Gasteiger partial charge is 0.339 e. The number of carbonyl (C=O) groups excluding carboxylic acids is 1. The molecule has 0 aromatic carbocycles. The zero-order chi connectivity index (χ0) is 13.7. The van der Waals surface area contributed by atoms with E-state index >= 15 is 0 Å². The fourth-order valence-electron chi connectivity index (χ4n) is 3.60. The average molecular weight is 303 g/mol. The SMILES string of the molecule is CC(C)C1CCCCN1C(=O)CCC1CCNCC1.Cl. The quantitative estimate of drug-likeness (QED) is 0.865. The maximum absolute atomic E-state index is 12.5. The first kappa shape index (κ1) is 17.8. The van der Waals surface area contributed by atoms with Crippen LogP contribution in [0.25, 0.3) is 0 Å². The molecule has 1 atom stereocenters. The van der Waals surface area contributed by atoms with Gasteiger partial charge in [0.05, 0.1) is 0 Å². The first-order valence-corrected chi connectivity index (χ1v) is 8.18. The van der Waals surface area contributed by atoms with E-state index in [1.165, 1.54) is 32.1 Å². The van der Waals surface area contributed by atoms with E-state index in [1.54, 1.807) is 0 Å². The Morgan fingerprint density at radius 1 is 1.20 bits per heavy atom. The molecule has 2 aliphatic rings. The summed E-state index contributed by atoms with van der Waals surface area (Å²) in [5.74, 6) is 1.78. The maximum atomic E-state index is 12.5. The van der Waals surface area contributed by atoms with Gasteiger partial charge in [-0.15, -0.1) is 12.4 Å². The van der Waals surface area contributed by atoms with Gasteiger partial charge in [-0.1, -0.05) is 13.8 Å². The lowest BCUT2D eigenvalue weighted by Crippen LogP contribution is -2.46. The van der Waals surface area contributed by atoms with Crippen molar-refractivity contribution in [3.05, 3.63) is 0 Å². The number of halogens is 1. The Morgan fingerprint density at radius 2 is 1.90 bits per heavy atom. The monoisotopic (exact) mass is 302 g/mol. The summed E-state index contributed by atoms with van der Waals surface area (Å²) >= 11 is 0. The van der Waals surface area contributed by atoms with Gasteiger partial charge in [-0.25, -0.2) is 0 Å². The average Bonchev–Trinajstić information content (AvgIpc) is 2.46. The van der Waals surface area contributed by atoms with Gasteiger partial charge in [-0.2, -0.15) is 0 Å². The lowest BCUT2D eigenvalue weighted by Gasteiger charge is -2.38. The molecule has 0 aromatic heterocycles. The molecule has 3 nitrogen and oxygen atoms in total. The third kappa shape index (κ3) is 4.92. The zero-order valence-corrected chi connectivity index (χ0v) is 13.9. The Hall–Kier alpha value is -0.280. The van der Waals surface area contributed by atoms with Crippen molar-refractivity contribution in [2.75, 3.05) is 19.6 Å². The van der Waals surface area contributed by atoms with Crippen molar-refractivity contribution in [3.63, 3.8) is 0 Å². The highest BCUT2D eigenvalue weighted by molar-refractivity contribution is 5.85. The van der Waals surface area contributed by atoms with Crippen molar-refractivity contribution in [3.8, 4) is 0 Å². The number of nitrogens with zero attached hydrogens (tertiary/aromatic N) is 1. The van der Waals surface area contributed by atoms with Crippen LogP contribution in [-0.4, -0.2) is 36.5 Å². The van der Waals surface area contributed by atoms with Crippen LogP contribution < -0.4 is 5.32 Å². The second-order valence-corrected chi connectivity index (χ2v) is 6.63. The van der Waals surface area contributed by atoms with Crippen molar-refractivity contribution >= 4 is 18.3 Å². The van der Waals surface area contributed by atoms with E-state index in [-0.39, 0.29) is 12.4 Å². The Balaban J connectivity index is 0.00000200. The summed E-state index contributed by atoms with van der Waals surface area (Å²) in [5, 5.41) is 3.39. The minimum atomic E-state index is 0. The molecule has 2 fully saturated rings. The van der Waals surface area contributed by atoms with Gasteiger partial charge >= 0.3 is 0 Å². The standard InChI is InChI=1S/C16H30N2O.ClH/c1-13(2)15-5-3-4-12-18(15)16(19)7-6-14-8-10-17-11-9-14;/h13-15,17H,3-12H2,1-2H3;1H. The van der Waals surface area contributed by atoms with Crippen LogP contribution in [0.2, 0.25) is 0 Å². The summed E-state index contributed by atoms with van der Waals surface area (Å²) in [7, 11) is 0. The predicted octanol–water partition coefficient (Wildman–Crippen LogP) is 3.23. The summed E-state index contributed by atoms with van der Waals surface area (Å²) in [6, 6.07) is 0.495. The zero-order valence-electron chi connectivity index (χ0n) is 13.1. The fraction of sp³-hybridized carbons (Fsp3) is 0.938. The molecule has 0 aromatic rings. The maximum Gasteiger partial charge on any atom is 0.222 e. The summed E-state index contributed by atoms with van der Waals surface area (Å²) in [6.07, 6.45) is 8.07. The summed E-state index contributed by atoms with van der Waals surface area (Å²) in [6.45, 7) is 7.77. The van der Waals surface area contributed by atoms with E-state index in [4.69, 9.17) is 0 Å². The van der Waals surface area contributed by atoms with Crippen LogP contribution >= 0.6 is 12.4 Å². The molecule has 2 saturated heterocycles. The summed E-state index contributed by atoms with van der Waals surface area (Å²) in [4.78, 5) is 14.7. The van der Waals surface area contributed by atoms with Gasteiger partial charge in [0.25, 0.3) is 0 Å². The molecule has 2 aliphatic heterocycles. The number of amides is 1. The molecule has 0 bridgehead atoms. The van der Waals surface area contributed by atoms with Crippen molar-refractivity contribution < 1.29 is 4.79 Å². The van der Waals surface area contributed by atoms with E-state index in [9.17, 15) is 4.79 Å². The van der Waals surface area contributed by atoms with Gasteiger partial charge in [0.1, 0.15) is 0 Å². The molecule has 0 saturated carbocycles. The highest BCUT2D eigenvalue weighted by Crippen LogP contribution is 2.25. The molecule has 1 unspecified atom stereocenters. The Morgan fingerprint density at radius 3 is 2.55 bits per heavy atom. The molecule has 0 radical (unpaired) electrons. The van der Waals surface area contributed by atoms with Crippen LogP contribution in [0, 0.1) is 11.8 Å². The van der Waals surface area contributed by atoms with Crippen molar-refractivity contribution in [2.45, 2.75) is 64.8 Å². The number of rotatable bonds is 4. The van der Waals surface area contributed by atoms with Crippen LogP contribution in [-0.2, 0) is 4.79 Å².